The monoisotopic (exact) mass is 280 g/mol. The van der Waals surface area contributed by atoms with Gasteiger partial charge in [0.05, 0.1) is 5.57 Å². The molecule has 0 aromatic carbocycles. The van der Waals surface area contributed by atoms with Crippen molar-refractivity contribution >= 4 is 22.6 Å². The van der Waals surface area contributed by atoms with Crippen molar-refractivity contribution in [2.24, 2.45) is 0 Å². The van der Waals surface area contributed by atoms with Gasteiger partial charge in [-0.2, -0.15) is 8.78 Å². The summed E-state index contributed by atoms with van der Waals surface area (Å²) in [5.74, 6) is -3.13. The van der Waals surface area contributed by atoms with E-state index < -0.39 is 12.0 Å². The first-order valence-electron chi connectivity index (χ1n) is 3.23. The zero-order valence-corrected chi connectivity index (χ0v) is 7.89. The molecule has 0 heterocycles. The zero-order valence-electron chi connectivity index (χ0n) is 5.74. The number of aliphatic hydroxyl groups is 1. The van der Waals surface area contributed by atoms with Crippen LogP contribution in [0.3, 0.4) is 0 Å². The van der Waals surface area contributed by atoms with E-state index in [0.29, 0.717) is 9.15 Å². The second-order valence-electron chi connectivity index (χ2n) is 2.58. The lowest BCUT2D eigenvalue weighted by Gasteiger charge is -2.37. The van der Waals surface area contributed by atoms with Crippen molar-refractivity contribution in [3.05, 3.63) is 32.3 Å². The number of alkyl halides is 2. The molecule has 2 aliphatic carbocycles. The van der Waals surface area contributed by atoms with Gasteiger partial charge in [0.25, 0.3) is 0 Å². The fourth-order valence-corrected chi connectivity index (χ4v) is 1.93. The number of rotatable bonds is 0. The van der Waals surface area contributed by atoms with E-state index in [1.54, 1.807) is 0 Å². The first kappa shape index (κ1) is 8.20. The Morgan fingerprint density at radius 1 is 1.58 bits per heavy atom. The fourth-order valence-electron chi connectivity index (χ4n) is 1.21. The van der Waals surface area contributed by atoms with Crippen molar-refractivity contribution in [3.8, 4) is 0 Å². The van der Waals surface area contributed by atoms with Crippen molar-refractivity contribution in [3.63, 3.8) is 0 Å². The summed E-state index contributed by atoms with van der Waals surface area (Å²) in [5, 5.41) is 9.02. The summed E-state index contributed by atoms with van der Waals surface area (Å²) in [6.07, 6.45) is -0.136. The standard InChI is InChI=1S/C8H3F2IO/c9-8(10)4-2-1-3-5(11)6(4)7(8)12/h3,7,12H. The van der Waals surface area contributed by atoms with Crippen molar-refractivity contribution in [2.45, 2.75) is 12.0 Å². The van der Waals surface area contributed by atoms with Crippen LogP contribution in [-0.4, -0.2) is 17.1 Å². The summed E-state index contributed by atoms with van der Waals surface area (Å²) >= 11 is 1.89. The van der Waals surface area contributed by atoms with E-state index in [9.17, 15) is 8.78 Å². The number of hydrogen-bond donors (Lipinski definition) is 1. The molecule has 0 spiro atoms. The zero-order chi connectivity index (χ0) is 8.93. The largest absolute Gasteiger partial charge is 0.382 e. The Bertz CT molecular complexity index is 382. The summed E-state index contributed by atoms with van der Waals surface area (Å²) in [4.78, 5) is 0. The average molecular weight is 280 g/mol. The number of hydrogen-bond acceptors (Lipinski definition) is 1. The first-order chi connectivity index (χ1) is 5.55. The van der Waals surface area contributed by atoms with Crippen LogP contribution in [0.4, 0.5) is 8.78 Å². The van der Waals surface area contributed by atoms with Gasteiger partial charge in [0.2, 0.25) is 0 Å². The summed E-state index contributed by atoms with van der Waals surface area (Å²) in [6, 6.07) is 0. The maximum atomic E-state index is 12.8. The average Bonchev–Trinajstić information content (AvgIpc) is 2.03. The minimum Gasteiger partial charge on any atom is -0.382 e. The van der Waals surface area contributed by atoms with E-state index in [2.05, 4.69) is 11.5 Å². The van der Waals surface area contributed by atoms with Crippen molar-refractivity contribution in [1.29, 1.82) is 0 Å². The molecule has 1 N–H and O–H groups in total. The Morgan fingerprint density at radius 3 is 2.83 bits per heavy atom. The summed E-state index contributed by atoms with van der Waals surface area (Å²) < 4.78 is 26.2. The molecule has 1 fully saturated rings. The molecule has 1 atom stereocenters. The number of fused-ring (bicyclic) bond motifs is 1. The molecule has 2 rings (SSSR count). The van der Waals surface area contributed by atoms with Crippen molar-refractivity contribution < 1.29 is 13.9 Å². The lowest BCUT2D eigenvalue weighted by atomic mass is 9.77. The van der Waals surface area contributed by atoms with Crippen LogP contribution in [0.2, 0.25) is 0 Å². The van der Waals surface area contributed by atoms with Gasteiger partial charge in [-0.25, -0.2) is 0 Å². The Labute approximate surface area is 80.9 Å². The van der Waals surface area contributed by atoms with Gasteiger partial charge in [0.1, 0.15) is 6.10 Å². The third-order valence-corrected chi connectivity index (χ3v) is 2.77. The van der Waals surface area contributed by atoms with Crippen LogP contribution < -0.4 is 0 Å². The predicted octanol–water partition coefficient (Wildman–Crippen LogP) is 1.94. The molecular weight excluding hydrogens is 277 g/mol. The molecule has 1 saturated carbocycles. The molecule has 0 aromatic rings. The Morgan fingerprint density at radius 2 is 2.25 bits per heavy atom. The molecule has 1 nitrogen and oxygen atoms in total. The maximum absolute atomic E-state index is 12.8. The van der Waals surface area contributed by atoms with Gasteiger partial charge >= 0.3 is 5.92 Å². The molecule has 0 aliphatic heterocycles. The summed E-state index contributed by atoms with van der Waals surface area (Å²) in [5.41, 5.74) is 4.85. The number of halogens is 3. The lowest BCUT2D eigenvalue weighted by Crippen LogP contribution is -2.49. The van der Waals surface area contributed by atoms with E-state index >= 15 is 0 Å². The molecule has 0 amide bonds. The van der Waals surface area contributed by atoms with Gasteiger partial charge < -0.3 is 5.11 Å². The second-order valence-corrected chi connectivity index (χ2v) is 3.74. The van der Waals surface area contributed by atoms with E-state index in [0.717, 1.165) is 0 Å². The molecule has 0 bridgehead atoms. The molecule has 1 unspecified atom stereocenters. The van der Waals surface area contributed by atoms with E-state index in [1.807, 2.05) is 22.6 Å². The van der Waals surface area contributed by atoms with Gasteiger partial charge in [-0.05, 0) is 22.6 Å². The Balaban J connectivity index is 2.61. The highest BCUT2D eigenvalue weighted by molar-refractivity contribution is 14.1. The van der Waals surface area contributed by atoms with Crippen LogP contribution >= 0.6 is 22.6 Å². The minimum atomic E-state index is -3.13. The molecular formula is C8H3F2IO. The lowest BCUT2D eigenvalue weighted by molar-refractivity contribution is -0.0913. The van der Waals surface area contributed by atoms with E-state index in [1.165, 1.54) is 6.08 Å². The van der Waals surface area contributed by atoms with Crippen LogP contribution in [0.1, 0.15) is 0 Å². The summed E-state index contributed by atoms with van der Waals surface area (Å²) in [6.45, 7) is 0. The SMILES string of the molecule is OC1C2=C(I)C=C=C=C2C1(F)F. The van der Waals surface area contributed by atoms with Crippen LogP contribution in [-0.2, 0) is 0 Å². The predicted molar refractivity (Wildman–Crippen MR) is 47.1 cm³/mol. The van der Waals surface area contributed by atoms with Gasteiger partial charge in [-0.15, -0.1) is 0 Å². The number of allylic oxidation sites excluding steroid dienone is 2. The highest BCUT2D eigenvalue weighted by Gasteiger charge is 2.58. The first-order valence-corrected chi connectivity index (χ1v) is 4.31. The Kier molecular flexibility index (Phi) is 1.57. The van der Waals surface area contributed by atoms with Gasteiger partial charge in [-0.1, -0.05) is 11.5 Å². The van der Waals surface area contributed by atoms with Gasteiger partial charge in [0, 0.05) is 15.2 Å². The van der Waals surface area contributed by atoms with Crippen LogP contribution in [0, 0.1) is 0 Å². The smallest absolute Gasteiger partial charge is 0.310 e. The van der Waals surface area contributed by atoms with Gasteiger partial charge in [0.15, 0.2) is 0 Å². The Hall–Kier alpha value is -0.410. The van der Waals surface area contributed by atoms with Crippen molar-refractivity contribution in [2.75, 3.05) is 0 Å². The van der Waals surface area contributed by atoms with E-state index in [-0.39, 0.29) is 5.57 Å². The second kappa shape index (κ2) is 2.30. The topological polar surface area (TPSA) is 20.2 Å². The normalized spacial score (nSPS) is 29.7. The maximum Gasteiger partial charge on any atom is 0.310 e. The quantitative estimate of drug-likeness (QED) is 0.531. The van der Waals surface area contributed by atoms with E-state index in [4.69, 9.17) is 5.11 Å². The molecule has 2 aliphatic rings. The van der Waals surface area contributed by atoms with Crippen LogP contribution in [0.15, 0.2) is 32.3 Å². The third-order valence-electron chi connectivity index (χ3n) is 1.87. The minimum absolute atomic E-state index is 0.220. The third kappa shape index (κ3) is 0.808. The van der Waals surface area contributed by atoms with Crippen LogP contribution in [0.25, 0.3) is 0 Å². The van der Waals surface area contributed by atoms with Crippen molar-refractivity contribution in [1.82, 2.24) is 0 Å². The fraction of sp³-hybridized carbons (Fsp3) is 0.250. The molecule has 0 aromatic heterocycles. The van der Waals surface area contributed by atoms with Gasteiger partial charge in [-0.3, -0.25) is 0 Å². The van der Waals surface area contributed by atoms with Crippen LogP contribution in [0.5, 0.6) is 0 Å². The molecule has 0 radical (unpaired) electrons. The highest BCUT2D eigenvalue weighted by Crippen LogP contribution is 2.50. The molecule has 62 valence electrons. The molecule has 0 saturated heterocycles. The number of aliphatic hydroxyl groups excluding tert-OH is 1. The molecule has 4 heteroatoms. The molecule has 12 heavy (non-hydrogen) atoms. The summed E-state index contributed by atoms with van der Waals surface area (Å²) in [7, 11) is 0. The highest BCUT2D eigenvalue weighted by atomic mass is 127.